The van der Waals surface area contributed by atoms with Crippen molar-refractivity contribution in [3.8, 4) is 6.07 Å². The molecule has 0 atom stereocenters. The van der Waals surface area contributed by atoms with Crippen LogP contribution in [0.5, 0.6) is 0 Å². The predicted molar refractivity (Wildman–Crippen MR) is 63.2 cm³/mol. The fourth-order valence-electron chi connectivity index (χ4n) is 1.39. The lowest BCUT2D eigenvalue weighted by molar-refractivity contribution is 0.430. The Morgan fingerprint density at radius 1 is 1.39 bits per heavy atom. The van der Waals surface area contributed by atoms with Gasteiger partial charge >= 0.3 is 0 Å². The number of aromatic nitrogens is 1. The van der Waals surface area contributed by atoms with Crippen molar-refractivity contribution < 1.29 is 12.9 Å². The number of rotatable bonds is 3. The van der Waals surface area contributed by atoms with Gasteiger partial charge in [0, 0.05) is 6.07 Å². The number of benzene rings is 1. The molecule has 2 aromatic rings. The van der Waals surface area contributed by atoms with E-state index < -0.39 is 10.0 Å². The molecule has 0 unspecified atom stereocenters. The molecule has 7 heteroatoms. The second kappa shape index (κ2) is 4.50. The highest BCUT2D eigenvalue weighted by Crippen LogP contribution is 2.19. The van der Waals surface area contributed by atoms with Crippen molar-refractivity contribution in [3.05, 3.63) is 41.6 Å². The van der Waals surface area contributed by atoms with Crippen LogP contribution in [0.15, 0.2) is 39.8 Å². The summed E-state index contributed by atoms with van der Waals surface area (Å²) in [5, 5.41) is 12.4. The Hall–Kier alpha value is -2.33. The second-order valence-corrected chi connectivity index (χ2v) is 5.20. The van der Waals surface area contributed by atoms with Crippen molar-refractivity contribution >= 4 is 15.9 Å². The molecule has 18 heavy (non-hydrogen) atoms. The van der Waals surface area contributed by atoms with Crippen LogP contribution in [0.25, 0.3) is 0 Å². The third-order valence-corrected chi connectivity index (χ3v) is 3.56. The van der Waals surface area contributed by atoms with Gasteiger partial charge in [-0.05, 0) is 19.1 Å². The quantitative estimate of drug-likeness (QED) is 0.908. The first-order valence-corrected chi connectivity index (χ1v) is 6.46. The van der Waals surface area contributed by atoms with Crippen LogP contribution in [0.1, 0.15) is 11.3 Å². The van der Waals surface area contributed by atoms with E-state index in [9.17, 15) is 8.42 Å². The van der Waals surface area contributed by atoms with Gasteiger partial charge in [-0.2, -0.15) is 5.26 Å². The maximum Gasteiger partial charge on any atom is 0.265 e. The van der Waals surface area contributed by atoms with Crippen LogP contribution in [0.2, 0.25) is 0 Å². The lowest BCUT2D eigenvalue weighted by Gasteiger charge is -2.05. The number of anilines is 1. The standard InChI is InChI=1S/C11H9N3O3S/c1-8-6-11(17-13-8)14-18(15,16)10-5-3-2-4-9(10)7-12/h2-6,14H,1H3. The second-order valence-electron chi connectivity index (χ2n) is 3.55. The lowest BCUT2D eigenvalue weighted by Crippen LogP contribution is -2.13. The summed E-state index contributed by atoms with van der Waals surface area (Å²) in [4.78, 5) is -0.0958. The van der Waals surface area contributed by atoms with Crippen molar-refractivity contribution in [2.75, 3.05) is 4.72 Å². The van der Waals surface area contributed by atoms with Crippen molar-refractivity contribution in [2.45, 2.75) is 11.8 Å². The fourth-order valence-corrected chi connectivity index (χ4v) is 2.52. The Morgan fingerprint density at radius 2 is 2.11 bits per heavy atom. The van der Waals surface area contributed by atoms with Crippen LogP contribution in [0, 0.1) is 18.3 Å². The van der Waals surface area contributed by atoms with Crippen molar-refractivity contribution in [3.63, 3.8) is 0 Å². The molecule has 0 saturated heterocycles. The van der Waals surface area contributed by atoms with Crippen LogP contribution in [0.4, 0.5) is 5.88 Å². The molecule has 2 rings (SSSR count). The lowest BCUT2D eigenvalue weighted by atomic mass is 10.2. The molecular weight excluding hydrogens is 254 g/mol. The third kappa shape index (κ3) is 2.33. The highest BCUT2D eigenvalue weighted by Gasteiger charge is 2.19. The monoisotopic (exact) mass is 263 g/mol. The predicted octanol–water partition coefficient (Wildman–Crippen LogP) is 1.66. The van der Waals surface area contributed by atoms with Gasteiger partial charge in [-0.3, -0.25) is 0 Å². The number of aryl methyl sites for hydroxylation is 1. The van der Waals surface area contributed by atoms with E-state index in [1.54, 1.807) is 19.1 Å². The smallest absolute Gasteiger partial charge is 0.265 e. The topological polar surface area (TPSA) is 96.0 Å². The van der Waals surface area contributed by atoms with Gasteiger partial charge < -0.3 is 4.52 Å². The van der Waals surface area contributed by atoms with Gasteiger partial charge in [0.1, 0.15) is 11.0 Å². The van der Waals surface area contributed by atoms with Crippen LogP contribution in [-0.4, -0.2) is 13.6 Å². The highest BCUT2D eigenvalue weighted by molar-refractivity contribution is 7.92. The summed E-state index contributed by atoms with van der Waals surface area (Å²) in [7, 11) is -3.85. The number of nitrogens with one attached hydrogen (secondary N) is 1. The number of hydrogen-bond donors (Lipinski definition) is 1. The molecule has 0 saturated carbocycles. The van der Waals surface area contributed by atoms with E-state index in [1.807, 2.05) is 6.07 Å². The molecule has 1 heterocycles. The van der Waals surface area contributed by atoms with E-state index in [0.717, 1.165) is 0 Å². The molecule has 6 nitrogen and oxygen atoms in total. The molecule has 0 fully saturated rings. The normalized spacial score (nSPS) is 10.9. The minimum atomic E-state index is -3.85. The summed E-state index contributed by atoms with van der Waals surface area (Å²) < 4.78 is 31.1. The molecule has 1 aromatic carbocycles. The molecule has 1 aromatic heterocycles. The van der Waals surface area contributed by atoms with Crippen LogP contribution >= 0.6 is 0 Å². The van der Waals surface area contributed by atoms with Gasteiger partial charge in [0.25, 0.3) is 10.0 Å². The molecule has 0 spiro atoms. The van der Waals surface area contributed by atoms with Crippen LogP contribution < -0.4 is 4.72 Å². The first-order valence-electron chi connectivity index (χ1n) is 4.98. The zero-order valence-corrected chi connectivity index (χ0v) is 10.2. The van der Waals surface area contributed by atoms with E-state index in [-0.39, 0.29) is 16.3 Å². The summed E-state index contributed by atoms with van der Waals surface area (Å²) in [6, 6.07) is 9.20. The van der Waals surface area contributed by atoms with E-state index in [1.165, 1.54) is 18.2 Å². The summed E-state index contributed by atoms with van der Waals surface area (Å²) in [5.41, 5.74) is 0.627. The maximum atomic E-state index is 12.0. The molecule has 0 aliphatic carbocycles. The minimum Gasteiger partial charge on any atom is -0.338 e. The third-order valence-electron chi connectivity index (χ3n) is 2.16. The summed E-state index contributed by atoms with van der Waals surface area (Å²) in [5.74, 6) is 0.0141. The van der Waals surface area contributed by atoms with Gasteiger partial charge in [-0.25, -0.2) is 13.1 Å². The number of sulfonamides is 1. The molecule has 92 valence electrons. The first-order chi connectivity index (χ1) is 8.53. The summed E-state index contributed by atoms with van der Waals surface area (Å²) in [6.07, 6.45) is 0. The molecule has 0 bridgehead atoms. The first kappa shape index (κ1) is 12.1. The SMILES string of the molecule is Cc1cc(NS(=O)(=O)c2ccccc2C#N)on1. The average molecular weight is 263 g/mol. The van der Waals surface area contributed by atoms with Gasteiger partial charge in [0.15, 0.2) is 0 Å². The molecule has 0 aliphatic rings. The zero-order valence-electron chi connectivity index (χ0n) is 9.41. The average Bonchev–Trinajstić information content (AvgIpc) is 2.74. The Kier molecular flexibility index (Phi) is 3.04. The van der Waals surface area contributed by atoms with E-state index in [4.69, 9.17) is 9.78 Å². The van der Waals surface area contributed by atoms with E-state index in [2.05, 4.69) is 9.88 Å². The number of hydrogen-bond acceptors (Lipinski definition) is 5. The van der Waals surface area contributed by atoms with Crippen LogP contribution in [-0.2, 0) is 10.0 Å². The van der Waals surface area contributed by atoms with Crippen molar-refractivity contribution in [2.24, 2.45) is 0 Å². The Bertz CT molecular complexity index is 713. The van der Waals surface area contributed by atoms with E-state index in [0.29, 0.717) is 5.69 Å². The minimum absolute atomic E-state index is 0.0141. The van der Waals surface area contributed by atoms with Crippen molar-refractivity contribution in [1.82, 2.24) is 5.16 Å². The molecule has 0 radical (unpaired) electrons. The van der Waals surface area contributed by atoms with Gasteiger partial charge in [0.05, 0.1) is 11.3 Å². The van der Waals surface area contributed by atoms with E-state index >= 15 is 0 Å². The number of nitriles is 1. The fraction of sp³-hybridized carbons (Fsp3) is 0.0909. The van der Waals surface area contributed by atoms with Gasteiger partial charge in [0.2, 0.25) is 5.88 Å². The Labute approximate surface area is 104 Å². The maximum absolute atomic E-state index is 12.0. The summed E-state index contributed by atoms with van der Waals surface area (Å²) >= 11 is 0. The molecule has 0 aliphatic heterocycles. The van der Waals surface area contributed by atoms with Crippen LogP contribution in [0.3, 0.4) is 0 Å². The zero-order chi connectivity index (χ0) is 13.2. The largest absolute Gasteiger partial charge is 0.338 e. The van der Waals surface area contributed by atoms with Crippen molar-refractivity contribution in [1.29, 1.82) is 5.26 Å². The Balaban J connectivity index is 2.40. The number of nitrogens with zero attached hydrogens (tertiary/aromatic N) is 2. The molecule has 0 amide bonds. The van der Waals surface area contributed by atoms with Gasteiger partial charge in [-0.15, -0.1) is 0 Å². The molecular formula is C11H9N3O3S. The Morgan fingerprint density at radius 3 is 2.72 bits per heavy atom. The molecule has 1 N–H and O–H groups in total. The summed E-state index contributed by atoms with van der Waals surface area (Å²) in [6.45, 7) is 1.67. The van der Waals surface area contributed by atoms with Gasteiger partial charge in [-0.1, -0.05) is 17.3 Å². The highest BCUT2D eigenvalue weighted by atomic mass is 32.2.